The molecule has 3 rings (SSSR count). The number of halogens is 3. The molecule has 24 heavy (non-hydrogen) atoms. The molecule has 1 aliphatic rings. The van der Waals surface area contributed by atoms with Gasteiger partial charge in [0, 0.05) is 11.4 Å². The van der Waals surface area contributed by atoms with Crippen molar-refractivity contribution in [3.63, 3.8) is 0 Å². The molecule has 2 aromatic carbocycles. The van der Waals surface area contributed by atoms with Crippen molar-refractivity contribution in [1.82, 2.24) is 0 Å². The maximum atomic E-state index is 13.4. The van der Waals surface area contributed by atoms with E-state index in [0.29, 0.717) is 21.3 Å². The summed E-state index contributed by atoms with van der Waals surface area (Å²) < 4.78 is 18.7. The van der Waals surface area contributed by atoms with Crippen LogP contribution in [-0.2, 0) is 16.0 Å². The number of amides is 1. The normalized spacial score (nSPS) is 19.4. The fourth-order valence-corrected chi connectivity index (χ4v) is 2.88. The molecule has 0 aromatic heterocycles. The number of carbonyl (C=O) groups is 2. The van der Waals surface area contributed by atoms with Crippen molar-refractivity contribution in [2.75, 3.05) is 5.32 Å². The van der Waals surface area contributed by atoms with Crippen LogP contribution >= 0.6 is 23.2 Å². The zero-order valence-electron chi connectivity index (χ0n) is 12.5. The van der Waals surface area contributed by atoms with Gasteiger partial charge in [-0.25, -0.2) is 9.18 Å². The molecule has 1 heterocycles. The highest BCUT2D eigenvalue weighted by Gasteiger charge is 2.43. The van der Waals surface area contributed by atoms with Gasteiger partial charge in [0.2, 0.25) is 0 Å². The van der Waals surface area contributed by atoms with Crippen molar-refractivity contribution >= 4 is 40.8 Å². The Hall–Kier alpha value is -2.11. The molecule has 0 saturated carbocycles. The van der Waals surface area contributed by atoms with Crippen molar-refractivity contribution in [2.24, 2.45) is 0 Å². The number of hydrogen-bond donors (Lipinski definition) is 1. The molecule has 0 bridgehead atoms. The fourth-order valence-electron chi connectivity index (χ4n) is 2.54. The maximum Gasteiger partial charge on any atom is 0.339 e. The van der Waals surface area contributed by atoms with E-state index in [0.717, 1.165) is 0 Å². The van der Waals surface area contributed by atoms with E-state index in [9.17, 15) is 14.0 Å². The van der Waals surface area contributed by atoms with Crippen molar-refractivity contribution in [2.45, 2.75) is 18.9 Å². The van der Waals surface area contributed by atoms with E-state index in [1.54, 1.807) is 12.1 Å². The van der Waals surface area contributed by atoms with E-state index in [1.807, 2.05) is 0 Å². The number of anilines is 1. The first kappa shape index (κ1) is 16.7. The van der Waals surface area contributed by atoms with Crippen LogP contribution in [0.1, 0.15) is 22.8 Å². The number of carbonyl (C=O) groups excluding carboxylic acids is 2. The molecule has 1 N–H and O–H groups in total. The lowest BCUT2D eigenvalue weighted by atomic mass is 9.89. The van der Waals surface area contributed by atoms with Crippen molar-refractivity contribution in [3.8, 4) is 0 Å². The second-order valence-electron chi connectivity index (χ2n) is 5.68. The number of fused-ring (bicyclic) bond motifs is 1. The number of ether oxygens (including phenoxy) is 1. The smallest absolute Gasteiger partial charge is 0.339 e. The highest BCUT2D eigenvalue weighted by atomic mass is 35.5. The van der Waals surface area contributed by atoms with E-state index in [4.69, 9.17) is 27.9 Å². The summed E-state index contributed by atoms with van der Waals surface area (Å²) in [6, 6.07) is 8.37. The van der Waals surface area contributed by atoms with Crippen LogP contribution in [0.25, 0.3) is 0 Å². The quantitative estimate of drug-likeness (QED) is 0.807. The van der Waals surface area contributed by atoms with Gasteiger partial charge in [0.15, 0.2) is 5.60 Å². The molecule has 1 amide bonds. The second kappa shape index (κ2) is 6.07. The van der Waals surface area contributed by atoms with Gasteiger partial charge >= 0.3 is 5.97 Å². The summed E-state index contributed by atoms with van der Waals surface area (Å²) in [5, 5.41) is 3.29. The standard InChI is InChI=1S/C17H12Cl2FNO3/c1-17(16(23)21-14-7-10(18)2-5-13(14)19)8-9-6-11(20)3-4-12(9)15(22)24-17/h2-7H,8H2,1H3,(H,21,23). The molecule has 0 spiro atoms. The summed E-state index contributed by atoms with van der Waals surface area (Å²) in [7, 11) is 0. The third-order valence-electron chi connectivity index (χ3n) is 3.79. The lowest BCUT2D eigenvalue weighted by molar-refractivity contribution is -0.134. The number of hydrogen-bond acceptors (Lipinski definition) is 3. The van der Waals surface area contributed by atoms with E-state index >= 15 is 0 Å². The average Bonchev–Trinajstić information content (AvgIpc) is 2.50. The molecule has 1 atom stereocenters. The molecule has 4 nitrogen and oxygen atoms in total. The van der Waals surface area contributed by atoms with Crippen molar-refractivity contribution in [3.05, 3.63) is 63.4 Å². The molecule has 0 saturated heterocycles. The fraction of sp³-hybridized carbons (Fsp3) is 0.176. The van der Waals surface area contributed by atoms with Crippen LogP contribution in [0.15, 0.2) is 36.4 Å². The molecular formula is C17H12Cl2FNO3. The van der Waals surface area contributed by atoms with Crippen LogP contribution in [0.4, 0.5) is 10.1 Å². The molecule has 0 aliphatic carbocycles. The Bertz CT molecular complexity index is 856. The molecule has 2 aromatic rings. The summed E-state index contributed by atoms with van der Waals surface area (Å²) >= 11 is 11.9. The first-order valence-corrected chi connectivity index (χ1v) is 7.82. The largest absolute Gasteiger partial charge is 0.445 e. The minimum atomic E-state index is -1.48. The first-order chi connectivity index (χ1) is 11.3. The van der Waals surface area contributed by atoms with Crippen LogP contribution in [0, 0.1) is 5.82 Å². The Morgan fingerprint density at radius 3 is 2.75 bits per heavy atom. The first-order valence-electron chi connectivity index (χ1n) is 7.07. The third kappa shape index (κ3) is 3.09. The number of esters is 1. The van der Waals surface area contributed by atoms with E-state index in [-0.39, 0.29) is 12.0 Å². The van der Waals surface area contributed by atoms with Crippen LogP contribution in [0.5, 0.6) is 0 Å². The van der Waals surface area contributed by atoms with Gasteiger partial charge in [-0.15, -0.1) is 0 Å². The molecule has 1 unspecified atom stereocenters. The summed E-state index contributed by atoms with van der Waals surface area (Å²) in [6.45, 7) is 1.46. The van der Waals surface area contributed by atoms with Gasteiger partial charge < -0.3 is 10.1 Å². The summed E-state index contributed by atoms with van der Waals surface area (Å²) in [6.07, 6.45) is 0.0514. The van der Waals surface area contributed by atoms with Crippen molar-refractivity contribution in [1.29, 1.82) is 0 Å². The predicted molar refractivity (Wildman–Crippen MR) is 89.0 cm³/mol. The number of benzene rings is 2. The van der Waals surface area contributed by atoms with Gasteiger partial charge in [0.25, 0.3) is 5.91 Å². The maximum absolute atomic E-state index is 13.4. The van der Waals surface area contributed by atoms with Gasteiger partial charge in [-0.05, 0) is 48.9 Å². The highest BCUT2D eigenvalue weighted by molar-refractivity contribution is 6.35. The zero-order chi connectivity index (χ0) is 17.5. The lowest BCUT2D eigenvalue weighted by Crippen LogP contribution is -2.49. The minimum Gasteiger partial charge on any atom is -0.445 e. The number of rotatable bonds is 2. The van der Waals surface area contributed by atoms with Crippen LogP contribution in [-0.4, -0.2) is 17.5 Å². The Labute approximate surface area is 147 Å². The van der Waals surface area contributed by atoms with Gasteiger partial charge in [-0.1, -0.05) is 23.2 Å². The number of cyclic esters (lactones) is 1. The lowest BCUT2D eigenvalue weighted by Gasteiger charge is -2.33. The molecule has 1 aliphatic heterocycles. The van der Waals surface area contributed by atoms with Gasteiger partial charge in [-0.2, -0.15) is 0 Å². The van der Waals surface area contributed by atoms with Crippen LogP contribution in [0.3, 0.4) is 0 Å². The third-order valence-corrected chi connectivity index (χ3v) is 4.35. The van der Waals surface area contributed by atoms with E-state index < -0.39 is 23.3 Å². The van der Waals surface area contributed by atoms with Crippen LogP contribution < -0.4 is 5.32 Å². The Kier molecular flexibility index (Phi) is 4.24. The van der Waals surface area contributed by atoms with Crippen LogP contribution in [0.2, 0.25) is 10.0 Å². The SMILES string of the molecule is CC1(C(=O)Nc2cc(Cl)ccc2Cl)Cc2cc(F)ccc2C(=O)O1. The Morgan fingerprint density at radius 2 is 2.00 bits per heavy atom. The summed E-state index contributed by atoms with van der Waals surface area (Å²) in [5.74, 6) is -1.73. The topological polar surface area (TPSA) is 55.4 Å². The van der Waals surface area contributed by atoms with Gasteiger partial charge in [-0.3, -0.25) is 4.79 Å². The average molecular weight is 368 g/mol. The second-order valence-corrected chi connectivity index (χ2v) is 6.52. The minimum absolute atomic E-state index is 0.0514. The molecule has 0 fully saturated rings. The zero-order valence-corrected chi connectivity index (χ0v) is 14.0. The van der Waals surface area contributed by atoms with Crippen molar-refractivity contribution < 1.29 is 18.7 Å². The predicted octanol–water partition coefficient (Wildman–Crippen LogP) is 4.24. The molecule has 124 valence electrons. The number of nitrogens with one attached hydrogen (secondary N) is 1. The summed E-state index contributed by atoms with van der Waals surface area (Å²) in [4.78, 5) is 24.7. The summed E-state index contributed by atoms with van der Waals surface area (Å²) in [5.41, 5.74) is -0.510. The molecule has 0 radical (unpaired) electrons. The monoisotopic (exact) mass is 367 g/mol. The van der Waals surface area contributed by atoms with Gasteiger partial charge in [0.1, 0.15) is 5.82 Å². The van der Waals surface area contributed by atoms with E-state index in [2.05, 4.69) is 5.32 Å². The Balaban J connectivity index is 1.89. The van der Waals surface area contributed by atoms with E-state index in [1.165, 1.54) is 31.2 Å². The Morgan fingerprint density at radius 1 is 1.25 bits per heavy atom. The van der Waals surface area contributed by atoms with Gasteiger partial charge in [0.05, 0.1) is 16.3 Å². The molecular weight excluding hydrogens is 356 g/mol. The molecule has 7 heteroatoms. The highest BCUT2D eigenvalue weighted by Crippen LogP contribution is 2.31.